The molecule has 5 heteroatoms. The van der Waals surface area contributed by atoms with Gasteiger partial charge in [-0.1, -0.05) is 11.6 Å². The Hall–Kier alpha value is 0.200. The topological polar surface area (TPSA) is 29.3 Å². The van der Waals surface area contributed by atoms with Gasteiger partial charge < -0.3 is 5.73 Å². The molecule has 0 radical (unpaired) electrons. The van der Waals surface area contributed by atoms with E-state index in [1.807, 2.05) is 5.38 Å². The third-order valence-electron chi connectivity index (χ3n) is 2.21. The van der Waals surface area contributed by atoms with Crippen LogP contribution in [0.1, 0.15) is 12.5 Å². The lowest BCUT2D eigenvalue weighted by Crippen LogP contribution is -2.34. The molecule has 82 valence electrons. The van der Waals surface area contributed by atoms with E-state index in [4.69, 9.17) is 17.3 Å². The summed E-state index contributed by atoms with van der Waals surface area (Å²) in [6, 6.07) is 2.46. The van der Waals surface area contributed by atoms with E-state index in [0.29, 0.717) is 12.6 Å². The molecule has 0 aliphatic heterocycles. The van der Waals surface area contributed by atoms with E-state index in [9.17, 15) is 0 Å². The van der Waals surface area contributed by atoms with Crippen molar-refractivity contribution in [3.8, 4) is 0 Å². The number of hydrogen-bond acceptors (Lipinski definition) is 3. The highest BCUT2D eigenvalue weighted by Gasteiger charge is 2.09. The van der Waals surface area contributed by atoms with E-state index < -0.39 is 0 Å². The average molecular weight is 255 g/mol. The van der Waals surface area contributed by atoms with E-state index >= 15 is 0 Å². The molecule has 1 aromatic rings. The minimum absolute atomic E-state index is 0. The lowest BCUT2D eigenvalue weighted by Gasteiger charge is -2.22. The molecule has 0 fully saturated rings. The molecule has 1 rings (SSSR count). The molecule has 0 aliphatic rings. The molecule has 0 saturated heterocycles. The van der Waals surface area contributed by atoms with Gasteiger partial charge in [0.1, 0.15) is 0 Å². The van der Waals surface area contributed by atoms with Crippen molar-refractivity contribution in [3.05, 3.63) is 21.3 Å². The Kier molecular flexibility index (Phi) is 6.74. The lowest BCUT2D eigenvalue weighted by atomic mass is 10.2. The van der Waals surface area contributed by atoms with E-state index in [2.05, 4.69) is 24.9 Å². The largest absolute Gasteiger partial charge is 0.329 e. The second-order valence-electron chi connectivity index (χ2n) is 3.22. The second-order valence-corrected chi connectivity index (χ2v) is 4.74. The van der Waals surface area contributed by atoms with E-state index in [1.54, 1.807) is 11.3 Å². The third-order valence-corrected chi connectivity index (χ3v) is 3.46. The van der Waals surface area contributed by atoms with Gasteiger partial charge in [0, 0.05) is 19.1 Å². The molecule has 0 bridgehead atoms. The van der Waals surface area contributed by atoms with Crippen molar-refractivity contribution in [2.75, 3.05) is 13.6 Å². The Bertz CT molecular complexity index is 265. The van der Waals surface area contributed by atoms with Crippen molar-refractivity contribution in [3.63, 3.8) is 0 Å². The van der Waals surface area contributed by atoms with Crippen LogP contribution in [-0.4, -0.2) is 24.5 Å². The first-order chi connectivity index (χ1) is 6.15. The molecule has 0 amide bonds. The van der Waals surface area contributed by atoms with Crippen molar-refractivity contribution in [2.45, 2.75) is 19.5 Å². The number of halogens is 2. The maximum atomic E-state index is 5.99. The summed E-state index contributed by atoms with van der Waals surface area (Å²) in [5, 5.41) is 2.01. The Morgan fingerprint density at radius 1 is 1.64 bits per heavy atom. The zero-order valence-electron chi connectivity index (χ0n) is 8.37. The van der Waals surface area contributed by atoms with Crippen LogP contribution in [-0.2, 0) is 6.54 Å². The summed E-state index contributed by atoms with van der Waals surface area (Å²) in [7, 11) is 2.06. The predicted octanol–water partition coefficient (Wildman–Crippen LogP) is 2.60. The van der Waals surface area contributed by atoms with Gasteiger partial charge in [0.15, 0.2) is 0 Å². The van der Waals surface area contributed by atoms with Crippen molar-refractivity contribution < 1.29 is 0 Å². The fourth-order valence-corrected chi connectivity index (χ4v) is 1.95. The molecule has 2 nitrogen and oxygen atoms in total. The van der Waals surface area contributed by atoms with Gasteiger partial charge >= 0.3 is 0 Å². The summed E-state index contributed by atoms with van der Waals surface area (Å²) < 4.78 is 0.885. The van der Waals surface area contributed by atoms with Gasteiger partial charge in [-0.05, 0) is 31.0 Å². The van der Waals surface area contributed by atoms with Crippen LogP contribution in [0.25, 0.3) is 0 Å². The molecule has 1 heterocycles. The Morgan fingerprint density at radius 3 is 2.71 bits per heavy atom. The zero-order valence-corrected chi connectivity index (χ0v) is 10.8. The monoisotopic (exact) mass is 254 g/mol. The molecule has 0 aliphatic carbocycles. The van der Waals surface area contributed by atoms with Gasteiger partial charge in [-0.3, -0.25) is 4.90 Å². The minimum atomic E-state index is 0. The van der Waals surface area contributed by atoms with Crippen LogP contribution in [0.2, 0.25) is 4.34 Å². The van der Waals surface area contributed by atoms with Crippen LogP contribution in [0.15, 0.2) is 11.4 Å². The van der Waals surface area contributed by atoms with Crippen molar-refractivity contribution in [2.24, 2.45) is 5.73 Å². The summed E-state index contributed by atoms with van der Waals surface area (Å²) in [6.07, 6.45) is 0. The summed E-state index contributed by atoms with van der Waals surface area (Å²) in [4.78, 5) is 2.20. The number of thiophene rings is 1. The molecule has 2 N–H and O–H groups in total. The highest BCUT2D eigenvalue weighted by Crippen LogP contribution is 2.23. The Balaban J connectivity index is 0.00000169. The lowest BCUT2D eigenvalue weighted by molar-refractivity contribution is 0.255. The molecular formula is C9H16Cl2N2S. The normalized spacial score (nSPS) is 12.6. The number of nitrogens with zero attached hydrogens (tertiary/aromatic N) is 1. The Labute approximate surface area is 100 Å². The summed E-state index contributed by atoms with van der Waals surface area (Å²) in [5.74, 6) is 0. The zero-order chi connectivity index (χ0) is 9.84. The number of nitrogens with two attached hydrogens (primary N) is 1. The van der Waals surface area contributed by atoms with Gasteiger partial charge in [0.2, 0.25) is 0 Å². The fraction of sp³-hybridized carbons (Fsp3) is 0.556. The van der Waals surface area contributed by atoms with Gasteiger partial charge in [0.25, 0.3) is 0 Å². The van der Waals surface area contributed by atoms with E-state index in [0.717, 1.165) is 10.9 Å². The smallest absolute Gasteiger partial charge is 0.0973 e. The quantitative estimate of drug-likeness (QED) is 0.896. The SMILES string of the molecule is CC(CN)N(C)Cc1ccsc1Cl.Cl. The molecule has 0 aromatic carbocycles. The van der Waals surface area contributed by atoms with Gasteiger partial charge in [-0.25, -0.2) is 0 Å². The third kappa shape index (κ3) is 3.75. The van der Waals surface area contributed by atoms with E-state index in [1.165, 1.54) is 5.56 Å². The van der Waals surface area contributed by atoms with Gasteiger partial charge in [-0.15, -0.1) is 23.7 Å². The standard InChI is InChI=1S/C9H15ClN2S.ClH/c1-7(5-11)12(2)6-8-3-4-13-9(8)10;/h3-4,7H,5-6,11H2,1-2H3;1H. The maximum Gasteiger partial charge on any atom is 0.0973 e. The van der Waals surface area contributed by atoms with Crippen LogP contribution in [0, 0.1) is 0 Å². The van der Waals surface area contributed by atoms with Crippen LogP contribution in [0.3, 0.4) is 0 Å². The van der Waals surface area contributed by atoms with Crippen molar-refractivity contribution in [1.82, 2.24) is 4.90 Å². The average Bonchev–Trinajstić information content (AvgIpc) is 2.50. The van der Waals surface area contributed by atoms with E-state index in [-0.39, 0.29) is 12.4 Å². The number of rotatable bonds is 4. The first-order valence-corrected chi connectivity index (χ1v) is 5.53. The number of hydrogen-bond donors (Lipinski definition) is 1. The molecule has 1 unspecified atom stereocenters. The minimum Gasteiger partial charge on any atom is -0.329 e. The highest BCUT2D eigenvalue weighted by atomic mass is 35.5. The van der Waals surface area contributed by atoms with Crippen LogP contribution < -0.4 is 5.73 Å². The molecular weight excluding hydrogens is 239 g/mol. The second kappa shape index (κ2) is 6.64. The first kappa shape index (κ1) is 14.2. The molecule has 0 spiro atoms. The van der Waals surface area contributed by atoms with Crippen LogP contribution in [0.4, 0.5) is 0 Å². The predicted molar refractivity (Wildman–Crippen MR) is 66.6 cm³/mol. The highest BCUT2D eigenvalue weighted by molar-refractivity contribution is 7.14. The fourth-order valence-electron chi connectivity index (χ4n) is 1.04. The molecule has 1 aromatic heterocycles. The van der Waals surface area contributed by atoms with Gasteiger partial charge in [0.05, 0.1) is 4.34 Å². The first-order valence-electron chi connectivity index (χ1n) is 4.27. The number of likely N-dealkylation sites (N-methyl/N-ethyl adjacent to an activating group) is 1. The molecule has 14 heavy (non-hydrogen) atoms. The molecule has 1 atom stereocenters. The van der Waals surface area contributed by atoms with Crippen LogP contribution >= 0.6 is 35.3 Å². The van der Waals surface area contributed by atoms with Crippen molar-refractivity contribution >= 4 is 35.3 Å². The summed E-state index contributed by atoms with van der Waals surface area (Å²) in [5.41, 5.74) is 6.76. The van der Waals surface area contributed by atoms with Gasteiger partial charge in [-0.2, -0.15) is 0 Å². The summed E-state index contributed by atoms with van der Waals surface area (Å²) in [6.45, 7) is 3.67. The van der Waals surface area contributed by atoms with Crippen LogP contribution in [0.5, 0.6) is 0 Å². The maximum absolute atomic E-state index is 5.99. The van der Waals surface area contributed by atoms with Crippen molar-refractivity contribution in [1.29, 1.82) is 0 Å². The molecule has 0 saturated carbocycles. The summed E-state index contributed by atoms with van der Waals surface area (Å²) >= 11 is 7.57. The Morgan fingerprint density at radius 2 is 2.29 bits per heavy atom.